The van der Waals surface area contributed by atoms with Crippen molar-refractivity contribution in [1.82, 2.24) is 10.3 Å². The van der Waals surface area contributed by atoms with E-state index >= 15 is 0 Å². The lowest BCUT2D eigenvalue weighted by molar-refractivity contribution is 0.0933. The number of pyridine rings is 1. The predicted octanol–water partition coefficient (Wildman–Crippen LogP) is 3.79. The first kappa shape index (κ1) is 16.7. The molecule has 0 aliphatic heterocycles. The summed E-state index contributed by atoms with van der Waals surface area (Å²) in [4.78, 5) is 16.4. The normalized spacial score (nSPS) is 10.4. The highest BCUT2D eigenvalue weighted by Crippen LogP contribution is 2.22. The van der Waals surface area contributed by atoms with E-state index in [4.69, 9.17) is 9.15 Å². The molecule has 0 atom stereocenters. The second kappa shape index (κ2) is 7.63. The molecule has 1 amide bonds. The van der Waals surface area contributed by atoms with Crippen molar-refractivity contribution in [2.75, 3.05) is 13.2 Å². The number of hydrogen-bond donors (Lipinski definition) is 1. The van der Waals surface area contributed by atoms with Crippen molar-refractivity contribution in [2.45, 2.75) is 0 Å². The number of hydrogen-bond acceptors (Lipinski definition) is 4. The van der Waals surface area contributed by atoms with E-state index in [0.717, 1.165) is 16.3 Å². The molecular weight excluding hydrogens is 340 g/mol. The van der Waals surface area contributed by atoms with Gasteiger partial charge in [0.1, 0.15) is 23.5 Å². The summed E-state index contributed by atoms with van der Waals surface area (Å²) >= 11 is 0. The summed E-state index contributed by atoms with van der Waals surface area (Å²) in [6, 6.07) is 18.8. The van der Waals surface area contributed by atoms with E-state index in [0.29, 0.717) is 11.3 Å². The van der Waals surface area contributed by atoms with Crippen molar-refractivity contribution < 1.29 is 13.9 Å². The Bertz CT molecular complexity index is 1130. The van der Waals surface area contributed by atoms with Crippen LogP contribution < -0.4 is 10.1 Å². The predicted molar refractivity (Wildman–Crippen MR) is 104 cm³/mol. The van der Waals surface area contributed by atoms with E-state index in [2.05, 4.69) is 22.1 Å². The van der Waals surface area contributed by atoms with Crippen LogP contribution in [0, 0.1) is 11.8 Å². The highest BCUT2D eigenvalue weighted by atomic mass is 16.5. The third-order valence-corrected chi connectivity index (χ3v) is 4.01. The Morgan fingerprint density at radius 1 is 1.04 bits per heavy atom. The number of fused-ring (bicyclic) bond motifs is 2. The SMILES string of the molecule is O=C(NCC#CCOc1cccc2cccnc12)c1cc2ccccc2o1. The van der Waals surface area contributed by atoms with Crippen LogP contribution in [0.2, 0.25) is 0 Å². The van der Waals surface area contributed by atoms with Gasteiger partial charge in [-0.1, -0.05) is 48.2 Å². The molecule has 0 spiro atoms. The van der Waals surface area contributed by atoms with Crippen LogP contribution in [0.3, 0.4) is 0 Å². The fraction of sp³-hybridized carbons (Fsp3) is 0.0909. The minimum atomic E-state index is -0.292. The van der Waals surface area contributed by atoms with E-state index in [1.165, 1.54) is 0 Å². The molecule has 0 radical (unpaired) electrons. The summed E-state index contributed by atoms with van der Waals surface area (Å²) in [5.74, 6) is 6.43. The molecule has 4 rings (SSSR count). The van der Waals surface area contributed by atoms with Gasteiger partial charge in [-0.05, 0) is 24.3 Å². The largest absolute Gasteiger partial charge is 0.479 e. The van der Waals surface area contributed by atoms with Gasteiger partial charge in [0.15, 0.2) is 5.76 Å². The Hall–Kier alpha value is -3.78. The van der Waals surface area contributed by atoms with Crippen molar-refractivity contribution in [3.63, 3.8) is 0 Å². The number of benzene rings is 2. The molecule has 0 bridgehead atoms. The zero-order valence-electron chi connectivity index (χ0n) is 14.4. The smallest absolute Gasteiger partial charge is 0.287 e. The van der Waals surface area contributed by atoms with Crippen LogP contribution in [-0.4, -0.2) is 24.0 Å². The molecule has 0 aliphatic carbocycles. The van der Waals surface area contributed by atoms with Gasteiger partial charge < -0.3 is 14.5 Å². The van der Waals surface area contributed by atoms with Gasteiger partial charge >= 0.3 is 0 Å². The van der Waals surface area contributed by atoms with Gasteiger partial charge in [0.05, 0.1) is 6.54 Å². The van der Waals surface area contributed by atoms with Crippen molar-refractivity contribution in [1.29, 1.82) is 0 Å². The average molecular weight is 356 g/mol. The topological polar surface area (TPSA) is 64.4 Å². The minimum absolute atomic E-state index is 0.215. The van der Waals surface area contributed by atoms with Crippen LogP contribution in [0.5, 0.6) is 5.75 Å². The number of amides is 1. The summed E-state index contributed by atoms with van der Waals surface area (Å²) in [7, 11) is 0. The molecule has 0 unspecified atom stereocenters. The molecule has 2 aromatic carbocycles. The maximum atomic E-state index is 12.1. The number of furan rings is 1. The zero-order valence-corrected chi connectivity index (χ0v) is 14.4. The second-order valence-corrected chi connectivity index (χ2v) is 5.80. The van der Waals surface area contributed by atoms with Crippen molar-refractivity contribution >= 4 is 27.8 Å². The van der Waals surface area contributed by atoms with E-state index in [9.17, 15) is 4.79 Å². The molecule has 0 saturated carbocycles. The van der Waals surface area contributed by atoms with E-state index in [-0.39, 0.29) is 24.8 Å². The fourth-order valence-electron chi connectivity index (χ4n) is 2.73. The maximum absolute atomic E-state index is 12.1. The lowest BCUT2D eigenvalue weighted by atomic mass is 10.2. The molecule has 0 saturated heterocycles. The number of aromatic nitrogens is 1. The lowest BCUT2D eigenvalue weighted by Crippen LogP contribution is -2.23. The van der Waals surface area contributed by atoms with Crippen LogP contribution in [0.1, 0.15) is 10.6 Å². The molecule has 2 heterocycles. The third-order valence-electron chi connectivity index (χ3n) is 4.01. The fourth-order valence-corrected chi connectivity index (χ4v) is 2.73. The van der Waals surface area contributed by atoms with E-state index in [1.54, 1.807) is 12.3 Å². The molecule has 132 valence electrons. The molecule has 27 heavy (non-hydrogen) atoms. The van der Waals surface area contributed by atoms with Crippen molar-refractivity contribution in [3.05, 3.63) is 72.6 Å². The molecule has 0 fully saturated rings. The van der Waals surface area contributed by atoms with Gasteiger partial charge in [0, 0.05) is 17.0 Å². The van der Waals surface area contributed by atoms with Crippen molar-refractivity contribution in [2.24, 2.45) is 0 Å². The number of carbonyl (C=O) groups is 1. The van der Waals surface area contributed by atoms with Crippen molar-refractivity contribution in [3.8, 4) is 17.6 Å². The van der Waals surface area contributed by atoms with Crippen LogP contribution in [0.15, 0.2) is 71.3 Å². The summed E-state index contributed by atoms with van der Waals surface area (Å²) in [5, 5.41) is 4.62. The number of rotatable bonds is 4. The summed E-state index contributed by atoms with van der Waals surface area (Å²) in [6.45, 7) is 0.434. The quantitative estimate of drug-likeness (QED) is 0.565. The number of para-hydroxylation sites is 2. The maximum Gasteiger partial charge on any atom is 0.287 e. The Labute approximate surface area is 156 Å². The Balaban J connectivity index is 1.31. The van der Waals surface area contributed by atoms with E-state index < -0.39 is 0 Å². The van der Waals surface area contributed by atoms with E-state index in [1.807, 2.05) is 54.6 Å². The van der Waals surface area contributed by atoms with Crippen LogP contribution in [0.4, 0.5) is 0 Å². The third kappa shape index (κ3) is 3.75. The first-order valence-electron chi connectivity index (χ1n) is 8.50. The number of carbonyl (C=O) groups excluding carboxylic acids is 1. The number of nitrogens with zero attached hydrogens (tertiary/aromatic N) is 1. The average Bonchev–Trinajstić information content (AvgIpc) is 3.15. The molecular formula is C22H16N2O3. The van der Waals surface area contributed by atoms with Crippen LogP contribution in [0.25, 0.3) is 21.9 Å². The second-order valence-electron chi connectivity index (χ2n) is 5.80. The Morgan fingerprint density at radius 2 is 1.89 bits per heavy atom. The van der Waals surface area contributed by atoms with Gasteiger partial charge in [-0.2, -0.15) is 0 Å². The molecule has 1 N–H and O–H groups in total. The molecule has 2 aromatic heterocycles. The first-order chi connectivity index (χ1) is 13.3. The molecule has 5 nitrogen and oxygen atoms in total. The zero-order chi connectivity index (χ0) is 18.5. The van der Waals surface area contributed by atoms with Gasteiger partial charge in [-0.3, -0.25) is 9.78 Å². The number of ether oxygens (including phenoxy) is 1. The van der Waals surface area contributed by atoms with Crippen LogP contribution >= 0.6 is 0 Å². The first-order valence-corrected chi connectivity index (χ1v) is 8.50. The standard InChI is InChI=1S/C22H16N2O3/c25-22(20-15-17-7-1-2-10-18(17)27-20)24-12-3-4-14-26-19-11-5-8-16-9-6-13-23-21(16)19/h1-2,5-11,13,15H,12,14H2,(H,24,25). The minimum Gasteiger partial charge on any atom is -0.479 e. The summed E-state index contributed by atoms with van der Waals surface area (Å²) in [6.07, 6.45) is 1.73. The molecule has 5 heteroatoms. The van der Waals surface area contributed by atoms with Gasteiger partial charge in [0.25, 0.3) is 5.91 Å². The molecule has 4 aromatic rings. The Kier molecular flexibility index (Phi) is 4.71. The highest BCUT2D eigenvalue weighted by molar-refractivity contribution is 5.96. The Morgan fingerprint density at radius 3 is 2.81 bits per heavy atom. The monoisotopic (exact) mass is 356 g/mol. The van der Waals surface area contributed by atoms with Crippen LogP contribution in [-0.2, 0) is 0 Å². The lowest BCUT2D eigenvalue weighted by Gasteiger charge is -2.05. The summed E-state index contributed by atoms with van der Waals surface area (Å²) < 4.78 is 11.2. The molecule has 0 aliphatic rings. The van der Waals surface area contributed by atoms with Gasteiger partial charge in [0.2, 0.25) is 0 Å². The summed E-state index contributed by atoms with van der Waals surface area (Å²) in [5.41, 5.74) is 1.49. The van der Waals surface area contributed by atoms with Gasteiger partial charge in [-0.15, -0.1) is 0 Å². The van der Waals surface area contributed by atoms with Gasteiger partial charge in [-0.25, -0.2) is 0 Å². The highest BCUT2D eigenvalue weighted by Gasteiger charge is 2.10. The number of nitrogens with one attached hydrogen (secondary N) is 1.